The lowest BCUT2D eigenvalue weighted by Gasteiger charge is -1.99. The molecule has 3 nitrogen and oxygen atoms in total. The first-order chi connectivity index (χ1) is 5.13. The van der Waals surface area contributed by atoms with Crippen LogP contribution in [0.15, 0.2) is 18.2 Å². The molecule has 1 amide bonds. The number of primary amides is 1. The molecule has 0 saturated carbocycles. The van der Waals surface area contributed by atoms with Crippen molar-refractivity contribution in [2.24, 2.45) is 5.73 Å². The van der Waals surface area contributed by atoms with Crippen LogP contribution in [-0.4, -0.2) is 11.0 Å². The quantitative estimate of drug-likeness (QED) is 0.666. The summed E-state index contributed by atoms with van der Waals surface area (Å²) < 4.78 is 0. The maximum absolute atomic E-state index is 10.6. The zero-order valence-corrected chi connectivity index (χ0v) is 6.30. The van der Waals surface area contributed by atoms with Gasteiger partial charge in [-0.15, -0.1) is 0 Å². The molecular weight excluding hydrogens is 166 g/mol. The molecule has 1 aromatic rings. The van der Waals surface area contributed by atoms with Crippen molar-refractivity contribution in [2.75, 3.05) is 0 Å². The molecule has 0 radical (unpaired) electrons. The summed E-state index contributed by atoms with van der Waals surface area (Å²) in [6.45, 7) is 0. The van der Waals surface area contributed by atoms with E-state index in [2.05, 4.69) is 0 Å². The van der Waals surface area contributed by atoms with Crippen LogP contribution in [-0.2, 0) is 0 Å². The van der Waals surface area contributed by atoms with E-state index in [1.165, 1.54) is 12.1 Å². The maximum atomic E-state index is 10.6. The van der Waals surface area contributed by atoms with Gasteiger partial charge in [-0.2, -0.15) is 0 Å². The Balaban J connectivity index is 3.27. The van der Waals surface area contributed by atoms with Crippen LogP contribution in [0.5, 0.6) is 5.75 Å². The Morgan fingerprint density at radius 2 is 2.18 bits per heavy atom. The summed E-state index contributed by atoms with van der Waals surface area (Å²) in [6.07, 6.45) is 0. The van der Waals surface area contributed by atoms with Crippen molar-refractivity contribution in [3.63, 3.8) is 0 Å². The van der Waals surface area contributed by atoms with Crippen molar-refractivity contribution in [1.29, 1.82) is 0 Å². The van der Waals surface area contributed by atoms with Gasteiger partial charge in [-0.05, 0) is 12.1 Å². The number of rotatable bonds is 1. The van der Waals surface area contributed by atoms with Crippen molar-refractivity contribution < 1.29 is 9.90 Å². The van der Waals surface area contributed by atoms with Gasteiger partial charge < -0.3 is 10.8 Å². The second-order valence-electron chi connectivity index (χ2n) is 2.00. The molecular formula is C7H6ClNO2. The van der Waals surface area contributed by atoms with E-state index in [1.54, 1.807) is 6.07 Å². The number of nitrogens with two attached hydrogens (primary N) is 1. The molecule has 0 aliphatic rings. The first-order valence-electron chi connectivity index (χ1n) is 2.90. The fourth-order valence-corrected chi connectivity index (χ4v) is 0.889. The summed E-state index contributed by atoms with van der Waals surface area (Å²) in [5.41, 5.74) is 4.97. The Labute approximate surface area is 68.4 Å². The highest BCUT2D eigenvalue weighted by Gasteiger charge is 2.08. The largest absolute Gasteiger partial charge is 0.506 e. The zero-order chi connectivity index (χ0) is 8.43. The van der Waals surface area contributed by atoms with Gasteiger partial charge in [-0.1, -0.05) is 17.7 Å². The van der Waals surface area contributed by atoms with E-state index in [1.807, 2.05) is 0 Å². The number of phenols is 1. The van der Waals surface area contributed by atoms with Crippen molar-refractivity contribution >= 4 is 17.5 Å². The number of halogens is 1. The second-order valence-corrected chi connectivity index (χ2v) is 2.41. The predicted molar refractivity (Wildman–Crippen MR) is 41.6 cm³/mol. The SMILES string of the molecule is NC(=O)c1cccc(Cl)c1O. The zero-order valence-electron chi connectivity index (χ0n) is 5.54. The normalized spacial score (nSPS) is 9.55. The third-order valence-electron chi connectivity index (χ3n) is 1.25. The Bertz CT molecular complexity index is 298. The standard InChI is InChI=1S/C7H6ClNO2/c8-5-3-1-2-4(6(5)10)7(9)11/h1-3,10H,(H2,9,11). The van der Waals surface area contributed by atoms with Crippen molar-refractivity contribution in [3.8, 4) is 5.75 Å². The summed E-state index contributed by atoms with van der Waals surface area (Å²) in [4.78, 5) is 10.6. The summed E-state index contributed by atoms with van der Waals surface area (Å²) >= 11 is 5.50. The number of carbonyl (C=O) groups excluding carboxylic acids is 1. The van der Waals surface area contributed by atoms with Gasteiger partial charge in [0.05, 0.1) is 10.6 Å². The van der Waals surface area contributed by atoms with E-state index in [-0.39, 0.29) is 16.3 Å². The summed E-state index contributed by atoms with van der Waals surface area (Å²) in [7, 11) is 0. The highest BCUT2D eigenvalue weighted by atomic mass is 35.5. The number of hydrogen-bond acceptors (Lipinski definition) is 2. The third-order valence-corrected chi connectivity index (χ3v) is 1.56. The molecule has 0 saturated heterocycles. The van der Waals surface area contributed by atoms with Gasteiger partial charge in [-0.3, -0.25) is 4.79 Å². The smallest absolute Gasteiger partial charge is 0.252 e. The van der Waals surface area contributed by atoms with Crippen LogP contribution < -0.4 is 5.73 Å². The lowest BCUT2D eigenvalue weighted by molar-refractivity contribution is 0.0998. The minimum atomic E-state index is -0.690. The van der Waals surface area contributed by atoms with Crippen molar-refractivity contribution in [2.45, 2.75) is 0 Å². The first-order valence-corrected chi connectivity index (χ1v) is 3.28. The molecule has 0 bridgehead atoms. The average Bonchev–Trinajstić information content (AvgIpc) is 1.94. The molecule has 58 valence electrons. The van der Waals surface area contributed by atoms with Crippen LogP contribution in [0.1, 0.15) is 10.4 Å². The Morgan fingerprint density at radius 1 is 1.55 bits per heavy atom. The Kier molecular flexibility index (Phi) is 2.01. The van der Waals surface area contributed by atoms with Crippen LogP contribution in [0.25, 0.3) is 0 Å². The molecule has 1 aromatic carbocycles. The number of aromatic hydroxyl groups is 1. The van der Waals surface area contributed by atoms with Crippen LogP contribution in [0, 0.1) is 0 Å². The van der Waals surface area contributed by atoms with Gasteiger partial charge in [0.15, 0.2) is 0 Å². The summed E-state index contributed by atoms with van der Waals surface area (Å²) in [5.74, 6) is -0.952. The molecule has 0 aromatic heterocycles. The van der Waals surface area contributed by atoms with E-state index >= 15 is 0 Å². The molecule has 0 aliphatic heterocycles. The minimum Gasteiger partial charge on any atom is -0.506 e. The number of para-hydroxylation sites is 1. The predicted octanol–water partition coefficient (Wildman–Crippen LogP) is 1.14. The topological polar surface area (TPSA) is 63.3 Å². The molecule has 0 heterocycles. The van der Waals surface area contributed by atoms with Crippen LogP contribution >= 0.6 is 11.6 Å². The fourth-order valence-electron chi connectivity index (χ4n) is 0.714. The van der Waals surface area contributed by atoms with Crippen LogP contribution in [0.3, 0.4) is 0 Å². The van der Waals surface area contributed by atoms with E-state index in [0.29, 0.717) is 0 Å². The molecule has 0 spiro atoms. The van der Waals surface area contributed by atoms with Crippen LogP contribution in [0.2, 0.25) is 5.02 Å². The van der Waals surface area contributed by atoms with Gasteiger partial charge in [0.1, 0.15) is 5.75 Å². The highest BCUT2D eigenvalue weighted by molar-refractivity contribution is 6.32. The number of hydrogen-bond donors (Lipinski definition) is 2. The van der Waals surface area contributed by atoms with E-state index in [9.17, 15) is 4.79 Å². The minimum absolute atomic E-state index is 0.0394. The fraction of sp³-hybridized carbons (Fsp3) is 0. The van der Waals surface area contributed by atoms with Crippen LogP contribution in [0.4, 0.5) is 0 Å². The molecule has 1 rings (SSSR count). The average molecular weight is 172 g/mol. The van der Waals surface area contributed by atoms with E-state index < -0.39 is 5.91 Å². The van der Waals surface area contributed by atoms with E-state index in [4.69, 9.17) is 22.4 Å². The highest BCUT2D eigenvalue weighted by Crippen LogP contribution is 2.26. The van der Waals surface area contributed by atoms with Gasteiger partial charge >= 0.3 is 0 Å². The lowest BCUT2D eigenvalue weighted by Crippen LogP contribution is -2.10. The maximum Gasteiger partial charge on any atom is 0.252 e. The molecule has 4 heteroatoms. The molecule has 0 aliphatic carbocycles. The molecule has 0 fully saturated rings. The molecule has 3 N–H and O–H groups in total. The molecule has 0 atom stereocenters. The number of carbonyl (C=O) groups is 1. The molecule has 0 unspecified atom stereocenters. The van der Waals surface area contributed by atoms with Gasteiger partial charge in [0, 0.05) is 0 Å². The Hall–Kier alpha value is -1.22. The Morgan fingerprint density at radius 3 is 2.64 bits per heavy atom. The first kappa shape index (κ1) is 7.88. The third kappa shape index (κ3) is 1.43. The summed E-state index contributed by atoms with van der Waals surface area (Å²) in [5, 5.41) is 9.26. The van der Waals surface area contributed by atoms with E-state index in [0.717, 1.165) is 0 Å². The van der Waals surface area contributed by atoms with Crippen molar-refractivity contribution in [1.82, 2.24) is 0 Å². The van der Waals surface area contributed by atoms with Gasteiger partial charge in [0.25, 0.3) is 5.91 Å². The second kappa shape index (κ2) is 2.80. The molecule has 11 heavy (non-hydrogen) atoms. The number of amides is 1. The number of benzene rings is 1. The lowest BCUT2D eigenvalue weighted by atomic mass is 10.2. The van der Waals surface area contributed by atoms with Gasteiger partial charge in [-0.25, -0.2) is 0 Å². The monoisotopic (exact) mass is 171 g/mol. The van der Waals surface area contributed by atoms with Crippen molar-refractivity contribution in [3.05, 3.63) is 28.8 Å². The summed E-state index contributed by atoms with van der Waals surface area (Å²) in [6, 6.07) is 4.43. The van der Waals surface area contributed by atoms with Gasteiger partial charge in [0.2, 0.25) is 0 Å².